The van der Waals surface area contributed by atoms with Crippen LogP contribution in [0, 0.1) is 16.7 Å². The highest BCUT2D eigenvalue weighted by molar-refractivity contribution is 7.90. The lowest BCUT2D eigenvalue weighted by Gasteiger charge is -2.38. The molecule has 1 aromatic carbocycles. The highest BCUT2D eigenvalue weighted by atomic mass is 32.2. The summed E-state index contributed by atoms with van der Waals surface area (Å²) in [5.41, 5.74) is 1.05. The van der Waals surface area contributed by atoms with Gasteiger partial charge >= 0.3 is 0 Å². The number of hydrogen-bond acceptors (Lipinski definition) is 6. The van der Waals surface area contributed by atoms with Gasteiger partial charge in [0.1, 0.15) is 0 Å². The molecule has 1 saturated heterocycles. The molecule has 0 N–H and O–H groups in total. The molecule has 0 radical (unpaired) electrons. The van der Waals surface area contributed by atoms with Crippen LogP contribution in [0.2, 0.25) is 0 Å². The largest absolute Gasteiger partial charge is 0.493 e. The number of rotatable bonds is 8. The van der Waals surface area contributed by atoms with Gasteiger partial charge in [-0.15, -0.1) is 6.58 Å². The SMILES string of the molecule is C=CC(c1ccc(OC)c(OC2CCCC2)c1)C(C(=O)N1C2CC3CC[C@@]2(CS1(=O)=O)C3(C)C)c1ccncc1. The average molecular weight is 565 g/mol. The van der Waals surface area contributed by atoms with Crippen LogP contribution in [0.5, 0.6) is 11.5 Å². The molecular weight excluding hydrogens is 524 g/mol. The van der Waals surface area contributed by atoms with Gasteiger partial charge in [0, 0.05) is 23.7 Å². The molecule has 5 atom stereocenters. The number of aromatic nitrogens is 1. The van der Waals surface area contributed by atoms with Crippen LogP contribution >= 0.6 is 0 Å². The Morgan fingerprint density at radius 2 is 1.82 bits per heavy atom. The minimum Gasteiger partial charge on any atom is -0.493 e. The second-order valence-electron chi connectivity index (χ2n) is 12.7. The number of nitrogens with zero attached hydrogens (tertiary/aromatic N) is 2. The van der Waals surface area contributed by atoms with Crippen molar-refractivity contribution in [2.24, 2.45) is 16.7 Å². The van der Waals surface area contributed by atoms with Gasteiger partial charge in [0.15, 0.2) is 11.5 Å². The summed E-state index contributed by atoms with van der Waals surface area (Å²) in [5.74, 6) is 0.111. The molecular formula is C32H40N2O5S. The number of carbonyl (C=O) groups is 1. The van der Waals surface area contributed by atoms with Gasteiger partial charge in [-0.1, -0.05) is 26.0 Å². The van der Waals surface area contributed by atoms with Gasteiger partial charge in [0.05, 0.1) is 30.9 Å². The summed E-state index contributed by atoms with van der Waals surface area (Å²) in [4.78, 5) is 18.8. The van der Waals surface area contributed by atoms with E-state index < -0.39 is 21.9 Å². The number of pyridine rings is 1. The Morgan fingerprint density at radius 1 is 1.10 bits per heavy atom. The Kier molecular flexibility index (Phi) is 6.75. The molecule has 4 unspecified atom stereocenters. The van der Waals surface area contributed by atoms with Crippen LogP contribution in [0.15, 0.2) is 55.4 Å². The Balaban J connectivity index is 1.41. The number of methoxy groups -OCH3 is 1. The van der Waals surface area contributed by atoms with Crippen molar-refractivity contribution in [1.82, 2.24) is 9.29 Å². The van der Waals surface area contributed by atoms with Crippen LogP contribution < -0.4 is 9.47 Å². The number of hydrogen-bond donors (Lipinski definition) is 0. The summed E-state index contributed by atoms with van der Waals surface area (Å²) in [6.45, 7) is 8.52. The van der Waals surface area contributed by atoms with Crippen LogP contribution in [0.4, 0.5) is 0 Å². The van der Waals surface area contributed by atoms with E-state index in [0.29, 0.717) is 17.4 Å². The first-order chi connectivity index (χ1) is 19.1. The molecule has 2 bridgehead atoms. The summed E-state index contributed by atoms with van der Waals surface area (Å²) in [6, 6.07) is 9.04. The standard InChI is InChI=1S/C32H40N2O5S/c1-5-25(22-10-11-26(38-4)27(18-22)39-24-8-6-7-9-24)29(21-13-16-33-17-14-21)30(35)34-28-19-23-12-15-32(28,31(23,2)3)20-40(34,36)37/h5,10-11,13-14,16-18,23-25,28-29H,1,6-9,12,15,19-20H2,2-4H3/t23?,25?,28?,29?,32-/m0/s1. The van der Waals surface area contributed by atoms with Crippen LogP contribution in [-0.2, 0) is 14.8 Å². The quantitative estimate of drug-likeness (QED) is 0.375. The van der Waals surface area contributed by atoms with Gasteiger partial charge in [-0.2, -0.15) is 0 Å². The summed E-state index contributed by atoms with van der Waals surface area (Å²) in [6.07, 6.45) is 12.1. The molecule has 2 aromatic rings. The second-order valence-corrected chi connectivity index (χ2v) is 14.6. The Labute approximate surface area is 238 Å². The van der Waals surface area contributed by atoms with Crippen molar-refractivity contribution in [1.29, 1.82) is 0 Å². The van der Waals surface area contributed by atoms with Crippen molar-refractivity contribution in [2.45, 2.75) is 82.8 Å². The van der Waals surface area contributed by atoms with E-state index in [1.54, 1.807) is 25.6 Å². The molecule has 6 rings (SSSR count). The highest BCUT2D eigenvalue weighted by Gasteiger charge is 2.72. The highest BCUT2D eigenvalue weighted by Crippen LogP contribution is 2.70. The van der Waals surface area contributed by atoms with Crippen LogP contribution in [-0.4, -0.2) is 48.6 Å². The maximum Gasteiger partial charge on any atom is 0.244 e. The van der Waals surface area contributed by atoms with Crippen molar-refractivity contribution in [3.63, 3.8) is 0 Å². The van der Waals surface area contributed by atoms with E-state index in [1.807, 2.05) is 30.3 Å². The van der Waals surface area contributed by atoms with Crippen LogP contribution in [0.25, 0.3) is 0 Å². The molecule has 4 aliphatic rings. The number of benzene rings is 1. The van der Waals surface area contributed by atoms with E-state index in [9.17, 15) is 13.2 Å². The monoisotopic (exact) mass is 564 g/mol. The van der Waals surface area contributed by atoms with E-state index in [2.05, 4.69) is 25.4 Å². The molecule has 7 nitrogen and oxygen atoms in total. The summed E-state index contributed by atoms with van der Waals surface area (Å²) in [5, 5.41) is 0. The first-order valence-electron chi connectivity index (χ1n) is 14.6. The molecule has 1 aliphatic heterocycles. The van der Waals surface area contributed by atoms with E-state index >= 15 is 0 Å². The fraction of sp³-hybridized carbons (Fsp3) is 0.562. The molecule has 8 heteroatoms. The lowest BCUT2D eigenvalue weighted by atomic mass is 9.69. The Morgan fingerprint density at radius 3 is 2.48 bits per heavy atom. The lowest BCUT2D eigenvalue weighted by molar-refractivity contribution is -0.131. The first-order valence-corrected chi connectivity index (χ1v) is 16.2. The predicted octanol–water partition coefficient (Wildman–Crippen LogP) is 5.83. The Bertz CT molecular complexity index is 1400. The third-order valence-corrected chi connectivity index (χ3v) is 12.7. The maximum absolute atomic E-state index is 14.7. The predicted molar refractivity (Wildman–Crippen MR) is 154 cm³/mol. The fourth-order valence-corrected chi connectivity index (χ4v) is 11.0. The second kappa shape index (κ2) is 9.89. The smallest absolute Gasteiger partial charge is 0.244 e. The van der Waals surface area contributed by atoms with Gasteiger partial charge in [-0.25, -0.2) is 12.7 Å². The third-order valence-electron chi connectivity index (χ3n) is 10.7. The summed E-state index contributed by atoms with van der Waals surface area (Å²) >= 11 is 0. The molecule has 1 spiro atoms. The van der Waals surface area contributed by atoms with Gasteiger partial charge < -0.3 is 9.47 Å². The summed E-state index contributed by atoms with van der Waals surface area (Å²) < 4.78 is 40.9. The van der Waals surface area contributed by atoms with Crippen molar-refractivity contribution >= 4 is 15.9 Å². The van der Waals surface area contributed by atoms with Gasteiger partial charge in [0.25, 0.3) is 0 Å². The molecule has 2 heterocycles. The van der Waals surface area contributed by atoms with E-state index in [1.165, 1.54) is 4.31 Å². The molecule has 4 fully saturated rings. The maximum atomic E-state index is 14.7. The van der Waals surface area contributed by atoms with Crippen molar-refractivity contribution in [3.8, 4) is 11.5 Å². The van der Waals surface area contributed by atoms with Gasteiger partial charge in [-0.3, -0.25) is 9.78 Å². The number of carbonyl (C=O) groups excluding carboxylic acids is 1. The number of allylic oxidation sites excluding steroid dienone is 1. The van der Waals surface area contributed by atoms with Gasteiger partial charge in [0.2, 0.25) is 15.9 Å². The molecule has 40 heavy (non-hydrogen) atoms. The fourth-order valence-electron chi connectivity index (χ4n) is 8.43. The molecule has 214 valence electrons. The summed E-state index contributed by atoms with van der Waals surface area (Å²) in [7, 11) is -2.16. The minimum atomic E-state index is -3.78. The average Bonchev–Trinajstić information content (AvgIpc) is 3.64. The first kappa shape index (κ1) is 27.3. The molecule has 1 aromatic heterocycles. The number of fused-ring (bicyclic) bond motifs is 1. The van der Waals surface area contributed by atoms with Crippen molar-refractivity contribution in [3.05, 3.63) is 66.5 Å². The molecule has 3 aliphatic carbocycles. The number of ether oxygens (including phenoxy) is 2. The zero-order valence-corrected chi connectivity index (χ0v) is 24.5. The zero-order chi connectivity index (χ0) is 28.3. The van der Waals surface area contributed by atoms with Crippen molar-refractivity contribution < 1.29 is 22.7 Å². The lowest BCUT2D eigenvalue weighted by Crippen LogP contribution is -2.46. The normalized spacial score (nSPS) is 29.6. The topological polar surface area (TPSA) is 85.8 Å². The van der Waals surface area contributed by atoms with E-state index in [0.717, 1.165) is 56.1 Å². The van der Waals surface area contributed by atoms with Gasteiger partial charge in [-0.05, 0) is 91.7 Å². The third kappa shape index (κ3) is 4.08. The van der Waals surface area contributed by atoms with E-state index in [4.69, 9.17) is 9.47 Å². The van der Waals surface area contributed by atoms with E-state index in [-0.39, 0.29) is 34.6 Å². The van der Waals surface area contributed by atoms with Crippen molar-refractivity contribution in [2.75, 3.05) is 12.9 Å². The molecule has 1 amide bonds. The number of amides is 1. The minimum absolute atomic E-state index is 0.0453. The molecule has 3 saturated carbocycles. The zero-order valence-electron chi connectivity index (χ0n) is 23.7. The number of sulfonamides is 1. The Hall–Kier alpha value is -2.87. The van der Waals surface area contributed by atoms with Crippen LogP contribution in [0.1, 0.15) is 81.8 Å². The van der Waals surface area contributed by atoms with Crippen LogP contribution in [0.3, 0.4) is 0 Å².